The molecular weight excluding hydrogens is 452 g/mol. The molecule has 0 fully saturated rings. The Hall–Kier alpha value is -3.10. The number of rotatable bonds is 4. The molecular formula is C25H24N4O2S2. The van der Waals surface area contributed by atoms with E-state index in [0.29, 0.717) is 13.0 Å². The molecule has 1 unspecified atom stereocenters. The number of benzene rings is 1. The lowest BCUT2D eigenvalue weighted by molar-refractivity contribution is 0.0777. The van der Waals surface area contributed by atoms with Gasteiger partial charge in [-0.2, -0.15) is 0 Å². The third kappa shape index (κ3) is 3.94. The molecule has 0 aliphatic carbocycles. The largest absolute Gasteiger partial charge is 0.337 e. The summed E-state index contributed by atoms with van der Waals surface area (Å²) in [6.45, 7) is 2.26. The molecule has 33 heavy (non-hydrogen) atoms. The van der Waals surface area contributed by atoms with E-state index < -0.39 is 0 Å². The SMILES string of the molecule is Cc1cc(=O)c(C(=O)N(C)Cc2nccn2C)c2n1-c1ccccc1SC(c1cccs1)C2. The predicted octanol–water partition coefficient (Wildman–Crippen LogP) is 4.60. The van der Waals surface area contributed by atoms with E-state index in [1.54, 1.807) is 47.3 Å². The summed E-state index contributed by atoms with van der Waals surface area (Å²) >= 11 is 3.50. The molecule has 1 aliphatic rings. The Kier molecular flexibility index (Phi) is 5.72. The summed E-state index contributed by atoms with van der Waals surface area (Å²) < 4.78 is 3.98. The number of aromatic nitrogens is 3. The van der Waals surface area contributed by atoms with Crippen molar-refractivity contribution >= 4 is 29.0 Å². The number of nitrogens with zero attached hydrogens (tertiary/aromatic N) is 4. The third-order valence-electron chi connectivity index (χ3n) is 5.97. The summed E-state index contributed by atoms with van der Waals surface area (Å²) in [6.07, 6.45) is 4.15. The van der Waals surface area contributed by atoms with E-state index in [4.69, 9.17) is 0 Å². The van der Waals surface area contributed by atoms with Crippen LogP contribution in [0.1, 0.15) is 37.7 Å². The van der Waals surface area contributed by atoms with Crippen LogP contribution in [-0.4, -0.2) is 32.0 Å². The zero-order valence-electron chi connectivity index (χ0n) is 18.7. The summed E-state index contributed by atoms with van der Waals surface area (Å²) in [6, 6.07) is 14.0. The van der Waals surface area contributed by atoms with Gasteiger partial charge < -0.3 is 14.0 Å². The van der Waals surface area contributed by atoms with Gasteiger partial charge in [-0.25, -0.2) is 4.98 Å². The minimum atomic E-state index is -0.277. The number of thiophene rings is 1. The lowest BCUT2D eigenvalue weighted by Crippen LogP contribution is -2.34. The van der Waals surface area contributed by atoms with E-state index >= 15 is 0 Å². The average Bonchev–Trinajstić information content (AvgIpc) is 3.42. The minimum absolute atomic E-state index is 0.118. The number of thioether (sulfide) groups is 1. The predicted molar refractivity (Wildman–Crippen MR) is 132 cm³/mol. The maximum absolute atomic E-state index is 13.7. The minimum Gasteiger partial charge on any atom is -0.337 e. The van der Waals surface area contributed by atoms with E-state index in [2.05, 4.69) is 33.1 Å². The molecule has 6 nitrogen and oxygen atoms in total. The Labute approximate surface area is 200 Å². The Morgan fingerprint density at radius 1 is 1.24 bits per heavy atom. The lowest BCUT2D eigenvalue weighted by Gasteiger charge is -2.23. The molecule has 4 aromatic rings. The number of fused-ring (bicyclic) bond motifs is 3. The number of carbonyl (C=O) groups is 1. The fourth-order valence-electron chi connectivity index (χ4n) is 4.32. The number of carbonyl (C=O) groups excluding carboxylic acids is 1. The van der Waals surface area contributed by atoms with Crippen LogP contribution in [0.25, 0.3) is 5.69 Å². The molecule has 168 valence electrons. The van der Waals surface area contributed by atoms with Gasteiger partial charge in [0.25, 0.3) is 5.91 Å². The van der Waals surface area contributed by atoms with Crippen molar-refractivity contribution in [2.75, 3.05) is 7.05 Å². The van der Waals surface area contributed by atoms with Crippen molar-refractivity contribution in [2.45, 2.75) is 30.0 Å². The monoisotopic (exact) mass is 476 g/mol. The van der Waals surface area contributed by atoms with Crippen LogP contribution < -0.4 is 5.43 Å². The molecule has 0 N–H and O–H groups in total. The molecule has 4 heterocycles. The van der Waals surface area contributed by atoms with Gasteiger partial charge in [0, 0.05) is 65.4 Å². The normalized spacial score (nSPS) is 14.9. The molecule has 0 spiro atoms. The molecule has 3 aromatic heterocycles. The third-order valence-corrected chi connectivity index (χ3v) is 8.41. The molecule has 0 bridgehead atoms. The van der Waals surface area contributed by atoms with Gasteiger partial charge in [0.05, 0.1) is 12.2 Å². The highest BCUT2D eigenvalue weighted by molar-refractivity contribution is 7.99. The summed E-state index contributed by atoms with van der Waals surface area (Å²) in [7, 11) is 3.62. The van der Waals surface area contributed by atoms with Gasteiger partial charge in [-0.1, -0.05) is 18.2 Å². The molecule has 1 aliphatic heterocycles. The van der Waals surface area contributed by atoms with E-state index in [-0.39, 0.29) is 22.1 Å². The van der Waals surface area contributed by atoms with Crippen molar-refractivity contribution in [1.82, 2.24) is 19.0 Å². The van der Waals surface area contributed by atoms with Gasteiger partial charge in [-0.05, 0) is 30.5 Å². The summed E-state index contributed by atoms with van der Waals surface area (Å²) in [5.74, 6) is 0.488. The Morgan fingerprint density at radius 3 is 2.79 bits per heavy atom. The lowest BCUT2D eigenvalue weighted by atomic mass is 10.0. The number of hydrogen-bond acceptors (Lipinski definition) is 5. The maximum Gasteiger partial charge on any atom is 0.259 e. The van der Waals surface area contributed by atoms with Crippen molar-refractivity contribution in [3.63, 3.8) is 0 Å². The molecule has 5 rings (SSSR count). The van der Waals surface area contributed by atoms with Crippen LogP contribution in [0.4, 0.5) is 0 Å². The van der Waals surface area contributed by atoms with Crippen molar-refractivity contribution in [3.05, 3.63) is 98.1 Å². The van der Waals surface area contributed by atoms with E-state index in [1.165, 1.54) is 4.88 Å². The molecule has 1 amide bonds. The first-order valence-corrected chi connectivity index (χ1v) is 12.5. The molecule has 0 saturated heterocycles. The topological polar surface area (TPSA) is 60.1 Å². The van der Waals surface area contributed by atoms with Crippen LogP contribution in [0.15, 0.2) is 69.9 Å². The van der Waals surface area contributed by atoms with Crippen molar-refractivity contribution < 1.29 is 4.79 Å². The number of imidazole rings is 1. The van der Waals surface area contributed by atoms with Crippen LogP contribution in [-0.2, 0) is 20.0 Å². The van der Waals surface area contributed by atoms with Gasteiger partial charge in [0.15, 0.2) is 5.43 Å². The smallest absolute Gasteiger partial charge is 0.259 e. The van der Waals surface area contributed by atoms with E-state index in [1.807, 2.05) is 42.9 Å². The quantitative estimate of drug-likeness (QED) is 0.432. The fraction of sp³-hybridized carbons (Fsp3) is 0.240. The van der Waals surface area contributed by atoms with Gasteiger partial charge in [-0.15, -0.1) is 23.1 Å². The molecule has 1 aromatic carbocycles. The Balaban J connectivity index is 1.67. The maximum atomic E-state index is 13.7. The van der Waals surface area contributed by atoms with Crippen LogP contribution in [0.3, 0.4) is 0 Å². The molecule has 1 atom stereocenters. The Morgan fingerprint density at radius 2 is 2.06 bits per heavy atom. The first-order valence-electron chi connectivity index (χ1n) is 10.7. The highest BCUT2D eigenvalue weighted by atomic mass is 32.2. The number of hydrogen-bond donors (Lipinski definition) is 0. The number of aryl methyl sites for hydroxylation is 2. The van der Waals surface area contributed by atoms with Gasteiger partial charge in [0.1, 0.15) is 11.4 Å². The second kappa shape index (κ2) is 8.68. The number of pyridine rings is 1. The second-order valence-corrected chi connectivity index (χ2v) is 10.4. The molecule has 8 heteroatoms. The summed E-state index contributed by atoms with van der Waals surface area (Å²) in [5.41, 5.74) is 2.63. The summed E-state index contributed by atoms with van der Waals surface area (Å²) in [4.78, 5) is 35.2. The van der Waals surface area contributed by atoms with Crippen molar-refractivity contribution in [3.8, 4) is 5.69 Å². The van der Waals surface area contributed by atoms with Gasteiger partial charge in [-0.3, -0.25) is 9.59 Å². The van der Waals surface area contributed by atoms with Crippen LogP contribution >= 0.6 is 23.1 Å². The zero-order chi connectivity index (χ0) is 23.1. The fourth-order valence-corrected chi connectivity index (χ4v) is 6.52. The van der Waals surface area contributed by atoms with E-state index in [9.17, 15) is 9.59 Å². The van der Waals surface area contributed by atoms with Gasteiger partial charge in [0.2, 0.25) is 0 Å². The second-order valence-electron chi connectivity index (χ2n) is 8.22. The average molecular weight is 477 g/mol. The number of amides is 1. The summed E-state index contributed by atoms with van der Waals surface area (Å²) in [5, 5.41) is 2.19. The van der Waals surface area contributed by atoms with Crippen molar-refractivity contribution in [1.29, 1.82) is 0 Å². The molecule has 0 radical (unpaired) electrons. The first kappa shape index (κ1) is 21.7. The van der Waals surface area contributed by atoms with Crippen LogP contribution in [0.5, 0.6) is 0 Å². The van der Waals surface area contributed by atoms with Crippen LogP contribution in [0.2, 0.25) is 0 Å². The first-order chi connectivity index (χ1) is 15.9. The van der Waals surface area contributed by atoms with Crippen LogP contribution in [0, 0.1) is 6.92 Å². The Bertz CT molecular complexity index is 1390. The van der Waals surface area contributed by atoms with E-state index in [0.717, 1.165) is 27.8 Å². The molecule has 0 saturated carbocycles. The highest BCUT2D eigenvalue weighted by Gasteiger charge is 2.30. The zero-order valence-corrected chi connectivity index (χ0v) is 20.3. The standard InChI is InChI=1S/C25H24N4O2S2/c1-16-13-19(30)24(25(31)28(3)15-23-26-10-11-27(23)2)18-14-22(21-9-6-12-32-21)33-20-8-5-4-7-17(20)29(16)18/h4-13,22H,14-15H2,1-3H3. The van der Waals surface area contributed by atoms with Crippen molar-refractivity contribution in [2.24, 2.45) is 7.05 Å². The highest BCUT2D eigenvalue weighted by Crippen LogP contribution is 2.45. The number of para-hydroxylation sites is 1. The van der Waals surface area contributed by atoms with Gasteiger partial charge >= 0.3 is 0 Å².